The molecule has 166 valence electrons. The zero-order chi connectivity index (χ0) is 22.2. The normalized spacial score (nSPS) is 13.5. The predicted molar refractivity (Wildman–Crippen MR) is 122 cm³/mol. The van der Waals surface area contributed by atoms with E-state index in [4.69, 9.17) is 14.2 Å². The summed E-state index contributed by atoms with van der Waals surface area (Å²) in [6.07, 6.45) is 0. The Labute approximate surface area is 187 Å². The lowest BCUT2D eigenvalue weighted by Crippen LogP contribution is -2.36. The second-order valence-electron chi connectivity index (χ2n) is 7.17. The number of benzene rings is 2. The Morgan fingerprint density at radius 2 is 1.69 bits per heavy atom. The Kier molecular flexibility index (Phi) is 7.14. The van der Waals surface area contributed by atoms with Crippen LogP contribution in [0.2, 0.25) is 0 Å². The summed E-state index contributed by atoms with van der Waals surface area (Å²) in [5.74, 6) is 1.76. The fourth-order valence-electron chi connectivity index (χ4n) is 3.35. The number of amides is 1. The highest BCUT2D eigenvalue weighted by Crippen LogP contribution is 2.26. The molecule has 1 aliphatic rings. The van der Waals surface area contributed by atoms with Gasteiger partial charge in [0.25, 0.3) is 5.91 Å². The molecule has 3 aromatic rings. The lowest BCUT2D eigenvalue weighted by atomic mass is 10.1. The van der Waals surface area contributed by atoms with Gasteiger partial charge in [-0.2, -0.15) is 0 Å². The average molecular weight is 434 g/mol. The molecule has 1 fully saturated rings. The number of rotatable bonds is 8. The third kappa shape index (κ3) is 5.53. The van der Waals surface area contributed by atoms with Crippen LogP contribution in [0.1, 0.15) is 6.92 Å². The summed E-state index contributed by atoms with van der Waals surface area (Å²) in [6.45, 7) is 5.38. The molecule has 0 aliphatic carbocycles. The molecule has 4 rings (SSSR count). The molecule has 0 bridgehead atoms. The van der Waals surface area contributed by atoms with Crippen molar-refractivity contribution in [2.24, 2.45) is 0 Å². The Hall–Kier alpha value is -3.65. The average Bonchev–Trinajstić information content (AvgIpc) is 2.85. The van der Waals surface area contributed by atoms with E-state index in [-0.39, 0.29) is 12.5 Å². The molecule has 0 atom stereocenters. The lowest BCUT2D eigenvalue weighted by Gasteiger charge is -2.27. The van der Waals surface area contributed by atoms with Gasteiger partial charge in [0.2, 0.25) is 0 Å². The van der Waals surface area contributed by atoms with Crippen molar-refractivity contribution in [1.82, 2.24) is 10.2 Å². The van der Waals surface area contributed by atoms with Crippen molar-refractivity contribution in [1.29, 1.82) is 0 Å². The fraction of sp³-hybridized carbons (Fsp3) is 0.292. The molecular weight excluding hydrogens is 408 g/mol. The van der Waals surface area contributed by atoms with E-state index >= 15 is 0 Å². The van der Waals surface area contributed by atoms with Crippen LogP contribution in [0.25, 0.3) is 11.3 Å². The van der Waals surface area contributed by atoms with Crippen LogP contribution < -0.4 is 19.7 Å². The Balaban J connectivity index is 1.32. The Morgan fingerprint density at radius 1 is 0.969 bits per heavy atom. The second-order valence-corrected chi connectivity index (χ2v) is 7.17. The number of carbonyl (C=O) groups is 1. The smallest absolute Gasteiger partial charge is 0.262 e. The van der Waals surface area contributed by atoms with E-state index < -0.39 is 0 Å². The predicted octanol–water partition coefficient (Wildman–Crippen LogP) is 3.40. The minimum absolute atomic E-state index is 0.111. The van der Waals surface area contributed by atoms with Crippen LogP contribution in [0.4, 0.5) is 11.5 Å². The van der Waals surface area contributed by atoms with Gasteiger partial charge in [0.1, 0.15) is 0 Å². The number of morpholine rings is 1. The molecular formula is C24H26N4O4. The summed E-state index contributed by atoms with van der Waals surface area (Å²) in [5.41, 5.74) is 2.38. The zero-order valence-corrected chi connectivity index (χ0v) is 18.0. The minimum atomic E-state index is -0.251. The monoisotopic (exact) mass is 434 g/mol. The van der Waals surface area contributed by atoms with Gasteiger partial charge in [0.15, 0.2) is 23.9 Å². The molecule has 2 heterocycles. The first-order chi connectivity index (χ1) is 15.7. The van der Waals surface area contributed by atoms with E-state index in [2.05, 4.69) is 20.4 Å². The maximum Gasteiger partial charge on any atom is 0.262 e. The Bertz CT molecular complexity index is 1020. The van der Waals surface area contributed by atoms with Gasteiger partial charge in [-0.15, -0.1) is 10.2 Å². The van der Waals surface area contributed by atoms with Gasteiger partial charge < -0.3 is 24.4 Å². The summed E-state index contributed by atoms with van der Waals surface area (Å²) in [5, 5.41) is 11.5. The molecule has 1 aliphatic heterocycles. The number of nitrogens with one attached hydrogen (secondary N) is 1. The van der Waals surface area contributed by atoms with Crippen molar-refractivity contribution < 1.29 is 19.0 Å². The van der Waals surface area contributed by atoms with Gasteiger partial charge in [0.05, 0.1) is 25.5 Å². The maximum absolute atomic E-state index is 12.3. The number of ether oxygens (including phenoxy) is 3. The van der Waals surface area contributed by atoms with Gasteiger partial charge in [-0.1, -0.05) is 24.3 Å². The number of hydrogen-bond donors (Lipinski definition) is 1. The fourth-order valence-corrected chi connectivity index (χ4v) is 3.35. The largest absolute Gasteiger partial charge is 0.490 e. The standard InChI is InChI=1S/C24H26N4O4/c1-2-31-21-5-3-4-6-22(21)32-17-24(29)25-19-9-7-18(8-10-19)20-11-12-23(27-26-20)28-13-15-30-16-14-28/h3-12H,2,13-17H2,1H3,(H,25,29). The van der Waals surface area contributed by atoms with Crippen LogP contribution >= 0.6 is 0 Å². The number of nitrogens with zero attached hydrogens (tertiary/aromatic N) is 3. The van der Waals surface area contributed by atoms with Gasteiger partial charge >= 0.3 is 0 Å². The zero-order valence-electron chi connectivity index (χ0n) is 18.0. The highest BCUT2D eigenvalue weighted by atomic mass is 16.5. The number of para-hydroxylation sites is 2. The van der Waals surface area contributed by atoms with Gasteiger partial charge in [-0.3, -0.25) is 4.79 Å². The summed E-state index contributed by atoms with van der Waals surface area (Å²) in [6, 6.07) is 18.7. The van der Waals surface area contributed by atoms with Crippen LogP contribution in [-0.4, -0.2) is 55.6 Å². The maximum atomic E-state index is 12.3. The number of anilines is 2. The molecule has 1 saturated heterocycles. The third-order valence-corrected chi connectivity index (χ3v) is 4.96. The molecule has 0 unspecified atom stereocenters. The van der Waals surface area contributed by atoms with Crippen molar-refractivity contribution >= 4 is 17.4 Å². The molecule has 1 N–H and O–H groups in total. The molecule has 1 aromatic heterocycles. The first kappa shape index (κ1) is 21.6. The molecule has 2 aromatic carbocycles. The van der Waals surface area contributed by atoms with Crippen molar-refractivity contribution in [3.05, 3.63) is 60.7 Å². The summed E-state index contributed by atoms with van der Waals surface area (Å²) in [4.78, 5) is 14.4. The molecule has 8 nitrogen and oxygen atoms in total. The van der Waals surface area contributed by atoms with Crippen LogP contribution in [0.5, 0.6) is 11.5 Å². The summed E-state index contributed by atoms with van der Waals surface area (Å²) < 4.78 is 16.5. The Morgan fingerprint density at radius 3 is 2.34 bits per heavy atom. The third-order valence-electron chi connectivity index (χ3n) is 4.96. The summed E-state index contributed by atoms with van der Waals surface area (Å²) >= 11 is 0. The number of carbonyl (C=O) groups excluding carboxylic acids is 1. The quantitative estimate of drug-likeness (QED) is 0.582. The van der Waals surface area contributed by atoms with E-state index in [0.29, 0.717) is 37.0 Å². The molecule has 8 heteroatoms. The van der Waals surface area contributed by atoms with Crippen molar-refractivity contribution in [3.8, 4) is 22.8 Å². The van der Waals surface area contributed by atoms with E-state index in [1.807, 2.05) is 61.5 Å². The van der Waals surface area contributed by atoms with Crippen molar-refractivity contribution in [2.45, 2.75) is 6.92 Å². The summed E-state index contributed by atoms with van der Waals surface area (Å²) in [7, 11) is 0. The SMILES string of the molecule is CCOc1ccccc1OCC(=O)Nc1ccc(-c2ccc(N3CCOCC3)nn2)cc1. The van der Waals surface area contributed by atoms with E-state index in [0.717, 1.165) is 30.2 Å². The van der Waals surface area contributed by atoms with Gasteiger partial charge in [-0.05, 0) is 43.3 Å². The van der Waals surface area contributed by atoms with Crippen LogP contribution in [0.3, 0.4) is 0 Å². The molecule has 0 saturated carbocycles. The molecule has 32 heavy (non-hydrogen) atoms. The van der Waals surface area contributed by atoms with Crippen molar-refractivity contribution in [3.63, 3.8) is 0 Å². The second kappa shape index (κ2) is 10.6. The topological polar surface area (TPSA) is 85.8 Å². The number of aromatic nitrogens is 2. The van der Waals surface area contributed by atoms with E-state index in [1.54, 1.807) is 6.07 Å². The first-order valence-corrected chi connectivity index (χ1v) is 10.6. The first-order valence-electron chi connectivity index (χ1n) is 10.6. The minimum Gasteiger partial charge on any atom is -0.490 e. The highest BCUT2D eigenvalue weighted by molar-refractivity contribution is 5.92. The lowest BCUT2D eigenvalue weighted by molar-refractivity contribution is -0.118. The van der Waals surface area contributed by atoms with E-state index in [1.165, 1.54) is 0 Å². The molecule has 0 radical (unpaired) electrons. The van der Waals surface area contributed by atoms with Crippen LogP contribution in [-0.2, 0) is 9.53 Å². The highest BCUT2D eigenvalue weighted by Gasteiger charge is 2.13. The molecule has 0 spiro atoms. The van der Waals surface area contributed by atoms with E-state index in [9.17, 15) is 4.79 Å². The molecule has 1 amide bonds. The van der Waals surface area contributed by atoms with Crippen molar-refractivity contribution in [2.75, 3.05) is 49.7 Å². The van der Waals surface area contributed by atoms with Gasteiger partial charge in [0, 0.05) is 24.3 Å². The van der Waals surface area contributed by atoms with Gasteiger partial charge in [-0.25, -0.2) is 0 Å². The van der Waals surface area contributed by atoms with Crippen LogP contribution in [0.15, 0.2) is 60.7 Å². The number of hydrogen-bond acceptors (Lipinski definition) is 7. The van der Waals surface area contributed by atoms with Crippen LogP contribution in [0, 0.1) is 0 Å².